The largest absolute Gasteiger partial charge is 0.241 e. The topological polar surface area (TPSA) is 25.8 Å². The van der Waals surface area contributed by atoms with Crippen LogP contribution in [0.5, 0.6) is 0 Å². The Labute approximate surface area is 62.7 Å². The lowest BCUT2D eigenvalue weighted by Gasteiger charge is -1.92. The molecular formula is C8H4FN2. The Balaban J connectivity index is 2.83. The minimum atomic E-state index is -0.663. The SMILES string of the molecule is Fc1[c]nc2ccccc2n1. The summed E-state index contributed by atoms with van der Waals surface area (Å²) in [5, 5.41) is 0. The average molecular weight is 147 g/mol. The molecule has 1 aromatic heterocycles. The third-order valence-electron chi connectivity index (χ3n) is 1.37. The Kier molecular flexibility index (Phi) is 1.28. The zero-order chi connectivity index (χ0) is 7.68. The van der Waals surface area contributed by atoms with E-state index in [1.807, 2.05) is 6.07 Å². The molecular weight excluding hydrogens is 143 g/mol. The molecule has 1 aromatic carbocycles. The first-order chi connectivity index (χ1) is 5.36. The van der Waals surface area contributed by atoms with E-state index in [1.165, 1.54) is 0 Å². The normalized spacial score (nSPS) is 10.3. The maximum absolute atomic E-state index is 12.4. The molecule has 0 spiro atoms. The summed E-state index contributed by atoms with van der Waals surface area (Å²) in [6, 6.07) is 7.08. The zero-order valence-corrected chi connectivity index (χ0v) is 5.58. The third-order valence-corrected chi connectivity index (χ3v) is 1.37. The number of hydrogen-bond acceptors (Lipinski definition) is 2. The molecule has 2 nitrogen and oxygen atoms in total. The van der Waals surface area contributed by atoms with Crippen LogP contribution in [0.4, 0.5) is 4.39 Å². The van der Waals surface area contributed by atoms with Crippen molar-refractivity contribution in [2.24, 2.45) is 0 Å². The van der Waals surface area contributed by atoms with E-state index in [4.69, 9.17) is 0 Å². The third kappa shape index (κ3) is 1.05. The van der Waals surface area contributed by atoms with Crippen LogP contribution in [0.25, 0.3) is 11.0 Å². The monoisotopic (exact) mass is 147 g/mol. The molecule has 2 rings (SSSR count). The van der Waals surface area contributed by atoms with Crippen LogP contribution in [0, 0.1) is 12.1 Å². The quantitative estimate of drug-likeness (QED) is 0.565. The minimum Gasteiger partial charge on any atom is -0.239 e. The van der Waals surface area contributed by atoms with Crippen LogP contribution >= 0.6 is 0 Å². The van der Waals surface area contributed by atoms with Crippen molar-refractivity contribution in [3.63, 3.8) is 0 Å². The van der Waals surface area contributed by atoms with Gasteiger partial charge in [-0.05, 0) is 12.1 Å². The Hall–Kier alpha value is -1.51. The van der Waals surface area contributed by atoms with Gasteiger partial charge in [-0.15, -0.1) is 0 Å². The van der Waals surface area contributed by atoms with Gasteiger partial charge in [-0.3, -0.25) is 0 Å². The van der Waals surface area contributed by atoms with Gasteiger partial charge in [0, 0.05) is 0 Å². The first-order valence-corrected chi connectivity index (χ1v) is 3.16. The zero-order valence-electron chi connectivity index (χ0n) is 5.58. The Bertz CT molecular complexity index is 387. The molecule has 0 aliphatic carbocycles. The van der Waals surface area contributed by atoms with E-state index in [9.17, 15) is 4.39 Å². The van der Waals surface area contributed by atoms with Crippen LogP contribution in [0.1, 0.15) is 0 Å². The molecule has 3 heteroatoms. The van der Waals surface area contributed by atoms with Crippen LogP contribution in [0.15, 0.2) is 24.3 Å². The summed E-state index contributed by atoms with van der Waals surface area (Å²) in [4.78, 5) is 7.31. The lowest BCUT2D eigenvalue weighted by Crippen LogP contribution is -1.87. The second-order valence-corrected chi connectivity index (χ2v) is 2.11. The maximum atomic E-state index is 12.4. The summed E-state index contributed by atoms with van der Waals surface area (Å²) in [6.07, 6.45) is 2.15. The molecule has 0 saturated carbocycles. The predicted octanol–water partition coefficient (Wildman–Crippen LogP) is 1.57. The number of benzene rings is 1. The van der Waals surface area contributed by atoms with Crippen molar-refractivity contribution in [2.75, 3.05) is 0 Å². The van der Waals surface area contributed by atoms with Crippen molar-refractivity contribution in [3.8, 4) is 0 Å². The fraction of sp³-hybridized carbons (Fsp3) is 0. The number of hydrogen-bond donors (Lipinski definition) is 0. The number of nitrogens with zero attached hydrogens (tertiary/aromatic N) is 2. The summed E-state index contributed by atoms with van der Waals surface area (Å²) >= 11 is 0. The summed E-state index contributed by atoms with van der Waals surface area (Å²) in [5.74, 6) is -0.663. The molecule has 0 atom stereocenters. The lowest BCUT2D eigenvalue weighted by atomic mass is 10.3. The minimum absolute atomic E-state index is 0.559. The standard InChI is InChI=1S/C8H4FN2/c9-8-5-10-6-3-1-2-4-7(6)11-8/h1-4H. The molecule has 53 valence electrons. The summed E-state index contributed by atoms with van der Waals surface area (Å²) in [7, 11) is 0. The van der Waals surface area contributed by atoms with E-state index in [0.29, 0.717) is 11.0 Å². The molecule has 0 unspecified atom stereocenters. The van der Waals surface area contributed by atoms with Gasteiger partial charge in [-0.1, -0.05) is 12.1 Å². The van der Waals surface area contributed by atoms with Gasteiger partial charge in [0.25, 0.3) is 0 Å². The van der Waals surface area contributed by atoms with Crippen LogP contribution in [-0.4, -0.2) is 9.97 Å². The number of halogens is 1. The molecule has 0 N–H and O–H groups in total. The van der Waals surface area contributed by atoms with E-state index in [1.54, 1.807) is 18.2 Å². The fourth-order valence-electron chi connectivity index (χ4n) is 0.890. The van der Waals surface area contributed by atoms with Gasteiger partial charge in [0.15, 0.2) is 0 Å². The second-order valence-electron chi connectivity index (χ2n) is 2.11. The van der Waals surface area contributed by atoms with E-state index in [0.717, 1.165) is 0 Å². The Morgan fingerprint density at radius 2 is 1.91 bits per heavy atom. The van der Waals surface area contributed by atoms with E-state index >= 15 is 0 Å². The van der Waals surface area contributed by atoms with Crippen LogP contribution in [0.2, 0.25) is 0 Å². The highest BCUT2D eigenvalue weighted by Crippen LogP contribution is 2.06. The van der Waals surface area contributed by atoms with E-state index in [2.05, 4.69) is 16.2 Å². The van der Waals surface area contributed by atoms with Crippen LogP contribution in [0.3, 0.4) is 0 Å². The molecule has 0 bridgehead atoms. The Morgan fingerprint density at radius 3 is 2.73 bits per heavy atom. The average Bonchev–Trinajstić information content (AvgIpc) is 2.04. The summed E-state index contributed by atoms with van der Waals surface area (Å²) in [6.45, 7) is 0. The molecule has 0 amide bonds. The van der Waals surface area contributed by atoms with Crippen LogP contribution in [-0.2, 0) is 0 Å². The van der Waals surface area contributed by atoms with Gasteiger partial charge in [-0.25, -0.2) is 9.97 Å². The van der Waals surface area contributed by atoms with Gasteiger partial charge >= 0.3 is 0 Å². The highest BCUT2D eigenvalue weighted by Gasteiger charge is 1.95. The van der Waals surface area contributed by atoms with Gasteiger partial charge in [0.2, 0.25) is 5.95 Å². The van der Waals surface area contributed by atoms with Crippen molar-refractivity contribution >= 4 is 11.0 Å². The highest BCUT2D eigenvalue weighted by molar-refractivity contribution is 5.72. The lowest BCUT2D eigenvalue weighted by molar-refractivity contribution is 0.580. The first kappa shape index (κ1) is 6.22. The molecule has 2 aromatic rings. The van der Waals surface area contributed by atoms with Crippen molar-refractivity contribution in [1.82, 2.24) is 9.97 Å². The highest BCUT2D eigenvalue weighted by atomic mass is 19.1. The number of para-hydroxylation sites is 2. The smallest absolute Gasteiger partial charge is 0.239 e. The van der Waals surface area contributed by atoms with Gasteiger partial charge in [-0.2, -0.15) is 4.39 Å². The van der Waals surface area contributed by atoms with Crippen molar-refractivity contribution in [2.45, 2.75) is 0 Å². The fourth-order valence-corrected chi connectivity index (χ4v) is 0.890. The van der Waals surface area contributed by atoms with Crippen molar-refractivity contribution in [3.05, 3.63) is 36.4 Å². The summed E-state index contributed by atoms with van der Waals surface area (Å²) in [5.41, 5.74) is 1.22. The van der Waals surface area contributed by atoms with Crippen LogP contribution < -0.4 is 0 Å². The predicted molar refractivity (Wildman–Crippen MR) is 38.3 cm³/mol. The molecule has 1 heterocycles. The molecule has 0 fully saturated rings. The van der Waals surface area contributed by atoms with Gasteiger partial charge in [0.05, 0.1) is 11.0 Å². The molecule has 0 aliphatic heterocycles. The van der Waals surface area contributed by atoms with E-state index < -0.39 is 5.95 Å². The number of fused-ring (bicyclic) bond motifs is 1. The summed E-state index contributed by atoms with van der Waals surface area (Å²) < 4.78 is 12.4. The second kappa shape index (κ2) is 2.27. The molecule has 11 heavy (non-hydrogen) atoms. The first-order valence-electron chi connectivity index (χ1n) is 3.16. The maximum Gasteiger partial charge on any atom is 0.241 e. The van der Waals surface area contributed by atoms with Gasteiger partial charge < -0.3 is 0 Å². The molecule has 0 saturated heterocycles. The van der Waals surface area contributed by atoms with Gasteiger partial charge in [0.1, 0.15) is 6.20 Å². The van der Waals surface area contributed by atoms with E-state index in [-0.39, 0.29) is 0 Å². The van der Waals surface area contributed by atoms with Crippen molar-refractivity contribution < 1.29 is 4.39 Å². The van der Waals surface area contributed by atoms with Crippen molar-refractivity contribution in [1.29, 1.82) is 0 Å². The molecule has 1 radical (unpaired) electrons. The number of rotatable bonds is 0. The molecule has 0 aliphatic rings. The Morgan fingerprint density at radius 1 is 1.18 bits per heavy atom. The number of aromatic nitrogens is 2.